The summed E-state index contributed by atoms with van der Waals surface area (Å²) in [5.41, 5.74) is 9.62. The molecule has 1 atom stereocenters. The molecule has 0 aliphatic carbocycles. The van der Waals surface area contributed by atoms with Crippen LogP contribution in [-0.2, 0) is 13.1 Å². The number of nitrogens with two attached hydrogens (primary N) is 1. The smallest absolute Gasteiger partial charge is 0.127 e. The molecule has 22 heavy (non-hydrogen) atoms. The van der Waals surface area contributed by atoms with Crippen molar-refractivity contribution in [1.29, 1.82) is 0 Å². The highest BCUT2D eigenvalue weighted by Crippen LogP contribution is 2.42. The zero-order chi connectivity index (χ0) is 15.5. The number of ether oxygens (including phenoxy) is 2. The number of aromatic nitrogens is 1. The van der Waals surface area contributed by atoms with Crippen LogP contribution in [0.15, 0.2) is 36.7 Å². The van der Waals surface area contributed by atoms with Crippen LogP contribution in [0.2, 0.25) is 0 Å². The van der Waals surface area contributed by atoms with E-state index >= 15 is 0 Å². The van der Waals surface area contributed by atoms with E-state index < -0.39 is 0 Å². The minimum absolute atomic E-state index is 0.149. The molecule has 0 saturated carbocycles. The summed E-state index contributed by atoms with van der Waals surface area (Å²) in [5, 5.41) is 0. The first-order valence-corrected chi connectivity index (χ1v) is 7.34. The van der Waals surface area contributed by atoms with Crippen LogP contribution in [0.1, 0.15) is 22.7 Å². The summed E-state index contributed by atoms with van der Waals surface area (Å²) in [6.45, 7) is 2.20. The topological polar surface area (TPSA) is 60.6 Å². The average molecular weight is 299 g/mol. The maximum atomic E-state index is 6.04. The molecule has 2 N–H and O–H groups in total. The molecule has 1 aromatic heterocycles. The molecule has 2 aromatic rings. The van der Waals surface area contributed by atoms with E-state index in [2.05, 4.69) is 22.0 Å². The van der Waals surface area contributed by atoms with Gasteiger partial charge in [-0.2, -0.15) is 0 Å². The Kier molecular flexibility index (Phi) is 4.27. The van der Waals surface area contributed by atoms with Gasteiger partial charge in [0.05, 0.1) is 20.3 Å². The van der Waals surface area contributed by atoms with Gasteiger partial charge in [-0.25, -0.2) is 0 Å². The van der Waals surface area contributed by atoms with Crippen molar-refractivity contribution in [1.82, 2.24) is 9.88 Å². The number of methoxy groups -OCH3 is 2. The van der Waals surface area contributed by atoms with E-state index in [-0.39, 0.29) is 6.04 Å². The molecule has 0 fully saturated rings. The molecule has 0 saturated heterocycles. The summed E-state index contributed by atoms with van der Waals surface area (Å²) >= 11 is 0. The van der Waals surface area contributed by atoms with Crippen molar-refractivity contribution < 1.29 is 9.47 Å². The zero-order valence-corrected chi connectivity index (χ0v) is 13.0. The molecular formula is C17H21N3O2. The van der Waals surface area contributed by atoms with Gasteiger partial charge in [0.25, 0.3) is 0 Å². The van der Waals surface area contributed by atoms with Gasteiger partial charge in [0, 0.05) is 43.7 Å². The normalized spacial score (nSPS) is 17.3. The molecule has 1 unspecified atom stereocenters. The summed E-state index contributed by atoms with van der Waals surface area (Å²) in [4.78, 5) is 6.54. The second-order valence-corrected chi connectivity index (χ2v) is 5.42. The molecule has 0 bridgehead atoms. The third-order valence-corrected chi connectivity index (χ3v) is 4.14. The number of hydrogen-bond acceptors (Lipinski definition) is 5. The fraction of sp³-hybridized carbons (Fsp3) is 0.353. The number of rotatable bonds is 5. The Morgan fingerprint density at radius 3 is 2.82 bits per heavy atom. The van der Waals surface area contributed by atoms with E-state index in [1.54, 1.807) is 20.4 Å². The summed E-state index contributed by atoms with van der Waals surface area (Å²) in [7, 11) is 3.36. The molecule has 1 aliphatic rings. The molecule has 0 radical (unpaired) electrons. The van der Waals surface area contributed by atoms with Gasteiger partial charge in [-0.1, -0.05) is 6.07 Å². The van der Waals surface area contributed by atoms with Crippen LogP contribution in [0.4, 0.5) is 0 Å². The highest BCUT2D eigenvalue weighted by atomic mass is 16.5. The number of pyridine rings is 1. The number of nitrogens with zero attached hydrogens (tertiary/aromatic N) is 2. The van der Waals surface area contributed by atoms with Crippen molar-refractivity contribution in [2.75, 3.05) is 20.8 Å². The van der Waals surface area contributed by atoms with Crippen molar-refractivity contribution in [3.05, 3.63) is 53.3 Å². The predicted molar refractivity (Wildman–Crippen MR) is 84.8 cm³/mol. The van der Waals surface area contributed by atoms with Crippen LogP contribution in [0.25, 0.3) is 0 Å². The number of fused-ring (bicyclic) bond motifs is 1. The molecule has 2 heterocycles. The van der Waals surface area contributed by atoms with Gasteiger partial charge in [-0.05, 0) is 23.3 Å². The van der Waals surface area contributed by atoms with Crippen LogP contribution in [0.5, 0.6) is 11.5 Å². The van der Waals surface area contributed by atoms with E-state index in [9.17, 15) is 0 Å². The largest absolute Gasteiger partial charge is 0.497 e. The third-order valence-electron chi connectivity index (χ3n) is 4.14. The maximum absolute atomic E-state index is 6.04. The standard InChI is InChI=1S/C17H21N3O2/c1-21-14-6-13-11-20(10-12-4-3-5-19-9-12)15(8-18)17(13)16(7-14)22-2/h3-7,9,15H,8,10-11,18H2,1-2H3. The van der Waals surface area contributed by atoms with Gasteiger partial charge in [-0.3, -0.25) is 9.88 Å². The van der Waals surface area contributed by atoms with Crippen LogP contribution < -0.4 is 15.2 Å². The lowest BCUT2D eigenvalue weighted by Crippen LogP contribution is -2.27. The monoisotopic (exact) mass is 299 g/mol. The molecule has 116 valence electrons. The Hall–Kier alpha value is -2.11. The van der Waals surface area contributed by atoms with Gasteiger partial charge in [0.15, 0.2) is 0 Å². The minimum Gasteiger partial charge on any atom is -0.497 e. The van der Waals surface area contributed by atoms with E-state index in [0.29, 0.717) is 6.54 Å². The van der Waals surface area contributed by atoms with Gasteiger partial charge >= 0.3 is 0 Å². The summed E-state index contributed by atoms with van der Waals surface area (Å²) < 4.78 is 10.9. The zero-order valence-electron chi connectivity index (χ0n) is 13.0. The first-order valence-electron chi connectivity index (χ1n) is 7.34. The van der Waals surface area contributed by atoms with E-state index in [4.69, 9.17) is 15.2 Å². The Balaban J connectivity index is 1.93. The first kappa shape index (κ1) is 14.8. The first-order chi connectivity index (χ1) is 10.8. The third kappa shape index (κ3) is 2.65. The summed E-state index contributed by atoms with van der Waals surface area (Å²) in [6.07, 6.45) is 3.69. The predicted octanol–water partition coefficient (Wildman–Crippen LogP) is 2.11. The van der Waals surface area contributed by atoms with Crippen molar-refractivity contribution >= 4 is 0 Å². The number of benzene rings is 1. The van der Waals surface area contributed by atoms with E-state index in [1.165, 1.54) is 16.7 Å². The minimum atomic E-state index is 0.149. The molecular weight excluding hydrogens is 278 g/mol. The molecule has 5 nitrogen and oxygen atoms in total. The van der Waals surface area contributed by atoms with Crippen LogP contribution in [-0.4, -0.2) is 30.6 Å². The van der Waals surface area contributed by atoms with Crippen molar-refractivity contribution in [2.45, 2.75) is 19.1 Å². The Labute approximate surface area is 130 Å². The van der Waals surface area contributed by atoms with Crippen molar-refractivity contribution in [3.8, 4) is 11.5 Å². The fourth-order valence-corrected chi connectivity index (χ4v) is 3.12. The average Bonchev–Trinajstić information content (AvgIpc) is 2.91. The maximum Gasteiger partial charge on any atom is 0.127 e. The Morgan fingerprint density at radius 2 is 2.18 bits per heavy atom. The number of hydrogen-bond donors (Lipinski definition) is 1. The fourth-order valence-electron chi connectivity index (χ4n) is 3.12. The quantitative estimate of drug-likeness (QED) is 0.916. The Bertz CT molecular complexity index is 646. The summed E-state index contributed by atoms with van der Waals surface area (Å²) in [5.74, 6) is 1.66. The molecule has 3 rings (SSSR count). The van der Waals surface area contributed by atoms with Crippen molar-refractivity contribution in [2.24, 2.45) is 5.73 Å². The second-order valence-electron chi connectivity index (χ2n) is 5.42. The highest BCUT2D eigenvalue weighted by molar-refractivity contribution is 5.50. The van der Waals surface area contributed by atoms with E-state index in [0.717, 1.165) is 24.6 Å². The lowest BCUT2D eigenvalue weighted by molar-refractivity contribution is 0.208. The van der Waals surface area contributed by atoms with Crippen LogP contribution in [0.3, 0.4) is 0 Å². The SMILES string of the molecule is COc1cc2c(c(OC)c1)C(CN)N(Cc1cccnc1)C2. The molecule has 1 aromatic carbocycles. The lowest BCUT2D eigenvalue weighted by atomic mass is 10.0. The van der Waals surface area contributed by atoms with Gasteiger partial charge in [-0.15, -0.1) is 0 Å². The van der Waals surface area contributed by atoms with Crippen LogP contribution in [0, 0.1) is 0 Å². The lowest BCUT2D eigenvalue weighted by Gasteiger charge is -2.24. The Morgan fingerprint density at radius 1 is 1.32 bits per heavy atom. The second kappa shape index (κ2) is 6.34. The summed E-state index contributed by atoms with van der Waals surface area (Å²) in [6, 6.07) is 8.19. The van der Waals surface area contributed by atoms with Crippen molar-refractivity contribution in [3.63, 3.8) is 0 Å². The van der Waals surface area contributed by atoms with Crippen LogP contribution >= 0.6 is 0 Å². The molecule has 0 amide bonds. The van der Waals surface area contributed by atoms with Gasteiger partial charge in [0.1, 0.15) is 11.5 Å². The molecule has 0 spiro atoms. The van der Waals surface area contributed by atoms with E-state index in [1.807, 2.05) is 18.3 Å². The highest BCUT2D eigenvalue weighted by Gasteiger charge is 2.32. The molecule has 1 aliphatic heterocycles. The van der Waals surface area contributed by atoms with Gasteiger partial charge in [0.2, 0.25) is 0 Å². The molecule has 5 heteroatoms. The van der Waals surface area contributed by atoms with Gasteiger partial charge < -0.3 is 15.2 Å².